The standard InChI is InChI=1S/C12H14FN3/c1-4-10-12(16-8-7-15-10)11(14-3)6-5-9(2)13/h5-8H,2,4H2,1,3H3/b6-5-,14-11?. The molecule has 1 aromatic heterocycles. The van der Waals surface area contributed by atoms with E-state index in [9.17, 15) is 4.39 Å². The molecule has 0 bridgehead atoms. The first-order chi connectivity index (χ1) is 7.69. The Labute approximate surface area is 94.5 Å². The van der Waals surface area contributed by atoms with Crippen LogP contribution in [-0.4, -0.2) is 22.7 Å². The molecule has 0 aliphatic heterocycles. The molecule has 0 aromatic carbocycles. The highest BCUT2D eigenvalue weighted by molar-refractivity contribution is 6.08. The average Bonchev–Trinajstić information content (AvgIpc) is 2.30. The van der Waals surface area contributed by atoms with Gasteiger partial charge in [-0.2, -0.15) is 0 Å². The summed E-state index contributed by atoms with van der Waals surface area (Å²) in [6, 6.07) is 0. The van der Waals surface area contributed by atoms with Crippen molar-refractivity contribution in [3.8, 4) is 0 Å². The maximum atomic E-state index is 12.5. The number of aromatic nitrogens is 2. The molecule has 84 valence electrons. The lowest BCUT2D eigenvalue weighted by Crippen LogP contribution is -2.06. The van der Waals surface area contributed by atoms with Crippen LogP contribution in [0.25, 0.3) is 0 Å². The first-order valence-electron chi connectivity index (χ1n) is 4.98. The van der Waals surface area contributed by atoms with Crippen LogP contribution in [0.3, 0.4) is 0 Å². The predicted molar refractivity (Wildman–Crippen MR) is 63.3 cm³/mol. The molecule has 0 saturated carbocycles. The van der Waals surface area contributed by atoms with E-state index in [-0.39, 0.29) is 0 Å². The summed E-state index contributed by atoms with van der Waals surface area (Å²) in [6.07, 6.45) is 6.79. The van der Waals surface area contributed by atoms with Crippen molar-refractivity contribution in [2.24, 2.45) is 4.99 Å². The molecule has 0 aliphatic carbocycles. The van der Waals surface area contributed by atoms with Crippen LogP contribution < -0.4 is 0 Å². The van der Waals surface area contributed by atoms with Crippen LogP contribution in [0.1, 0.15) is 18.3 Å². The number of halogens is 1. The van der Waals surface area contributed by atoms with Crippen molar-refractivity contribution in [2.75, 3.05) is 7.05 Å². The molecule has 0 N–H and O–H groups in total. The lowest BCUT2D eigenvalue weighted by atomic mass is 10.1. The molecule has 0 spiro atoms. The summed E-state index contributed by atoms with van der Waals surface area (Å²) in [5, 5.41) is 0. The van der Waals surface area contributed by atoms with E-state index in [1.165, 1.54) is 6.08 Å². The van der Waals surface area contributed by atoms with Gasteiger partial charge in [-0.25, -0.2) is 4.39 Å². The van der Waals surface area contributed by atoms with E-state index in [0.29, 0.717) is 11.4 Å². The summed E-state index contributed by atoms with van der Waals surface area (Å²) in [7, 11) is 1.63. The van der Waals surface area contributed by atoms with Gasteiger partial charge >= 0.3 is 0 Å². The fraction of sp³-hybridized carbons (Fsp3) is 0.250. The molecule has 16 heavy (non-hydrogen) atoms. The maximum absolute atomic E-state index is 12.5. The molecule has 1 aromatic rings. The van der Waals surface area contributed by atoms with Crippen molar-refractivity contribution in [1.82, 2.24) is 9.97 Å². The molecule has 0 amide bonds. The van der Waals surface area contributed by atoms with Gasteiger partial charge in [0.1, 0.15) is 11.5 Å². The highest BCUT2D eigenvalue weighted by Gasteiger charge is 2.07. The minimum absolute atomic E-state index is 0.511. The Hall–Kier alpha value is -1.84. The van der Waals surface area contributed by atoms with Crippen molar-refractivity contribution >= 4 is 5.71 Å². The van der Waals surface area contributed by atoms with E-state index < -0.39 is 5.83 Å². The second kappa shape index (κ2) is 5.90. The Kier molecular flexibility index (Phi) is 4.51. The molecule has 0 fully saturated rings. The van der Waals surface area contributed by atoms with Gasteiger partial charge in [-0.3, -0.25) is 15.0 Å². The molecule has 0 unspecified atom stereocenters. The van der Waals surface area contributed by atoms with Crippen molar-refractivity contribution in [3.05, 3.63) is 48.3 Å². The van der Waals surface area contributed by atoms with E-state index in [1.807, 2.05) is 6.92 Å². The van der Waals surface area contributed by atoms with Crippen molar-refractivity contribution in [3.63, 3.8) is 0 Å². The van der Waals surface area contributed by atoms with Crippen LogP contribution in [-0.2, 0) is 6.42 Å². The number of allylic oxidation sites excluding steroid dienone is 3. The summed E-state index contributed by atoms with van der Waals surface area (Å²) >= 11 is 0. The van der Waals surface area contributed by atoms with Gasteiger partial charge in [0.15, 0.2) is 0 Å². The molecule has 0 atom stereocenters. The molecule has 1 heterocycles. The summed E-state index contributed by atoms with van der Waals surface area (Å²) in [5.41, 5.74) is 2.13. The van der Waals surface area contributed by atoms with E-state index in [2.05, 4.69) is 21.5 Å². The average molecular weight is 219 g/mol. The minimum atomic E-state index is -0.511. The summed E-state index contributed by atoms with van der Waals surface area (Å²) < 4.78 is 12.5. The van der Waals surface area contributed by atoms with Crippen molar-refractivity contribution in [1.29, 1.82) is 0 Å². The minimum Gasteiger partial charge on any atom is -0.286 e. The second-order valence-corrected chi connectivity index (χ2v) is 3.09. The monoisotopic (exact) mass is 219 g/mol. The van der Waals surface area contributed by atoms with E-state index in [4.69, 9.17) is 0 Å². The van der Waals surface area contributed by atoms with Gasteiger partial charge in [0.2, 0.25) is 0 Å². The first-order valence-corrected chi connectivity index (χ1v) is 4.98. The molecular weight excluding hydrogens is 205 g/mol. The SMILES string of the molecule is C=C(F)/C=C\C(=NC)c1nccnc1CC. The third-order valence-corrected chi connectivity index (χ3v) is 2.01. The predicted octanol–water partition coefficient (Wildman–Crippen LogP) is 2.50. The Balaban J connectivity index is 3.10. The molecule has 1 rings (SSSR count). The number of hydrogen-bond acceptors (Lipinski definition) is 3. The van der Waals surface area contributed by atoms with Gasteiger partial charge in [0.05, 0.1) is 11.4 Å². The molecular formula is C12H14FN3. The summed E-state index contributed by atoms with van der Waals surface area (Å²) in [6.45, 7) is 5.14. The highest BCUT2D eigenvalue weighted by atomic mass is 19.1. The molecule has 0 saturated heterocycles. The Morgan fingerprint density at radius 2 is 2.12 bits per heavy atom. The number of rotatable bonds is 4. The molecule has 3 nitrogen and oxygen atoms in total. The zero-order valence-electron chi connectivity index (χ0n) is 9.44. The third kappa shape index (κ3) is 3.08. The molecule has 0 radical (unpaired) electrons. The van der Waals surface area contributed by atoms with Gasteiger partial charge in [0, 0.05) is 19.4 Å². The van der Waals surface area contributed by atoms with Crippen LogP contribution in [0.15, 0.2) is 41.9 Å². The smallest absolute Gasteiger partial charge is 0.116 e. The van der Waals surface area contributed by atoms with Crippen molar-refractivity contribution in [2.45, 2.75) is 13.3 Å². The quantitative estimate of drug-likeness (QED) is 0.576. The van der Waals surface area contributed by atoms with Gasteiger partial charge in [-0.1, -0.05) is 13.5 Å². The number of hydrogen-bond donors (Lipinski definition) is 0. The zero-order chi connectivity index (χ0) is 12.0. The van der Waals surface area contributed by atoms with Crippen molar-refractivity contribution < 1.29 is 4.39 Å². The molecule has 4 heteroatoms. The fourth-order valence-electron chi connectivity index (χ4n) is 1.27. The normalized spacial score (nSPS) is 12.1. The van der Waals surface area contributed by atoms with Gasteiger partial charge in [-0.05, 0) is 18.6 Å². The van der Waals surface area contributed by atoms with E-state index in [1.54, 1.807) is 25.5 Å². The summed E-state index contributed by atoms with van der Waals surface area (Å²) in [4.78, 5) is 12.5. The second-order valence-electron chi connectivity index (χ2n) is 3.09. The fourth-order valence-corrected chi connectivity index (χ4v) is 1.27. The zero-order valence-corrected chi connectivity index (χ0v) is 9.44. The Bertz CT molecular complexity index is 436. The Morgan fingerprint density at radius 3 is 2.69 bits per heavy atom. The van der Waals surface area contributed by atoms with Gasteiger partial charge < -0.3 is 0 Å². The first kappa shape index (κ1) is 12.2. The number of aliphatic imine (C=N–C) groups is 1. The van der Waals surface area contributed by atoms with Crippen LogP contribution >= 0.6 is 0 Å². The number of nitrogens with zero attached hydrogens (tertiary/aromatic N) is 3. The van der Waals surface area contributed by atoms with E-state index >= 15 is 0 Å². The third-order valence-electron chi connectivity index (χ3n) is 2.01. The maximum Gasteiger partial charge on any atom is 0.116 e. The van der Waals surface area contributed by atoms with Crippen LogP contribution in [0.5, 0.6) is 0 Å². The Morgan fingerprint density at radius 1 is 1.44 bits per heavy atom. The largest absolute Gasteiger partial charge is 0.286 e. The molecule has 0 aliphatic rings. The van der Waals surface area contributed by atoms with Crippen LogP contribution in [0, 0.1) is 0 Å². The lowest BCUT2D eigenvalue weighted by molar-refractivity contribution is 0.671. The van der Waals surface area contributed by atoms with Gasteiger partial charge in [-0.15, -0.1) is 0 Å². The van der Waals surface area contributed by atoms with Crippen LogP contribution in [0.4, 0.5) is 4.39 Å². The number of aryl methyl sites for hydroxylation is 1. The summed E-state index contributed by atoms with van der Waals surface area (Å²) in [5.74, 6) is -0.511. The lowest BCUT2D eigenvalue weighted by Gasteiger charge is -2.04. The van der Waals surface area contributed by atoms with Crippen LogP contribution in [0.2, 0.25) is 0 Å². The highest BCUT2D eigenvalue weighted by Crippen LogP contribution is 2.06. The topological polar surface area (TPSA) is 38.1 Å². The van der Waals surface area contributed by atoms with E-state index in [0.717, 1.165) is 12.1 Å². The van der Waals surface area contributed by atoms with Gasteiger partial charge in [0.25, 0.3) is 0 Å².